The van der Waals surface area contributed by atoms with Crippen LogP contribution in [0.2, 0.25) is 0 Å². The number of thiazole rings is 1. The summed E-state index contributed by atoms with van der Waals surface area (Å²) in [6.45, 7) is 7.49. The highest BCUT2D eigenvalue weighted by Crippen LogP contribution is 2.52. The van der Waals surface area contributed by atoms with Gasteiger partial charge in [0.1, 0.15) is 23.2 Å². The Labute approximate surface area is 204 Å². The number of methoxy groups -OCH3 is 1. The predicted octanol–water partition coefficient (Wildman–Crippen LogP) is 6.02. The van der Waals surface area contributed by atoms with E-state index in [2.05, 4.69) is 26.8 Å². The fourth-order valence-electron chi connectivity index (χ4n) is 4.05. The number of hydrogen-bond donors (Lipinski definition) is 1. The maximum atomic E-state index is 13.3. The van der Waals surface area contributed by atoms with Gasteiger partial charge < -0.3 is 9.47 Å². The molecule has 0 unspecified atom stereocenters. The Morgan fingerprint density at radius 1 is 1.29 bits per heavy atom. The topological polar surface area (TPSA) is 86.2 Å². The van der Waals surface area contributed by atoms with Gasteiger partial charge in [-0.2, -0.15) is 13.2 Å². The van der Waals surface area contributed by atoms with Crippen LogP contribution < -0.4 is 14.8 Å². The van der Waals surface area contributed by atoms with Crippen LogP contribution in [-0.4, -0.2) is 28.0 Å². The summed E-state index contributed by atoms with van der Waals surface area (Å²) in [5.41, 5.74) is -0.131. The third kappa shape index (κ3) is 4.36. The minimum Gasteiger partial charge on any atom is -0.481 e. The first-order chi connectivity index (χ1) is 16.7. The van der Waals surface area contributed by atoms with Gasteiger partial charge in [0.05, 0.1) is 28.9 Å². The molecule has 4 rings (SSSR count). The number of nitrogens with one attached hydrogen (secondary N) is 1. The van der Waals surface area contributed by atoms with Gasteiger partial charge in [0.15, 0.2) is 5.13 Å². The number of aromatic nitrogens is 3. The molecule has 0 bridgehead atoms. The van der Waals surface area contributed by atoms with Crippen LogP contribution in [0.25, 0.3) is 11.3 Å². The lowest BCUT2D eigenvalue weighted by atomic mass is 9.89. The molecule has 0 radical (unpaired) electrons. The summed E-state index contributed by atoms with van der Waals surface area (Å²) in [7, 11) is 1.40. The molecule has 1 N–H and O–H groups in total. The molecular weight excluding hydrogens is 481 g/mol. The van der Waals surface area contributed by atoms with Crippen LogP contribution in [0.3, 0.4) is 0 Å². The zero-order valence-electron chi connectivity index (χ0n) is 19.3. The molecule has 184 valence electrons. The summed E-state index contributed by atoms with van der Waals surface area (Å²) in [5, 5.41) is 3.06. The summed E-state index contributed by atoms with van der Waals surface area (Å²) in [5.74, 6) is -0.288. The van der Waals surface area contributed by atoms with E-state index in [4.69, 9.17) is 9.47 Å². The molecule has 0 atom stereocenters. The van der Waals surface area contributed by atoms with Gasteiger partial charge in [-0.05, 0) is 31.0 Å². The Hall–Kier alpha value is -3.47. The Morgan fingerprint density at radius 3 is 2.66 bits per heavy atom. The molecule has 11 heteroatoms. The lowest BCUT2D eigenvalue weighted by Crippen LogP contribution is -2.34. The molecule has 0 spiro atoms. The van der Waals surface area contributed by atoms with E-state index in [0.717, 1.165) is 17.0 Å². The standard InChI is InChI=1S/C24H23F3N4O3S/c1-5-8-15-17(21(33-4)29-12-28-15)20(32)31-22-30-18-14-10-9-13(24(25,26)27)11-16(14)34-23(6-2,7-3)19(18)35-22/h5,9-12H,1,6-8H2,2-4H3,(H,30,31,32). The van der Waals surface area contributed by atoms with Crippen LogP contribution in [0.4, 0.5) is 18.3 Å². The minimum atomic E-state index is -4.50. The molecule has 1 aliphatic rings. The first kappa shape index (κ1) is 24.6. The van der Waals surface area contributed by atoms with Gasteiger partial charge in [-0.15, -0.1) is 6.58 Å². The second-order valence-electron chi connectivity index (χ2n) is 7.86. The molecule has 35 heavy (non-hydrogen) atoms. The molecule has 1 aliphatic heterocycles. The Kier molecular flexibility index (Phi) is 6.54. The zero-order valence-corrected chi connectivity index (χ0v) is 20.1. The van der Waals surface area contributed by atoms with Crippen molar-refractivity contribution in [2.75, 3.05) is 12.4 Å². The van der Waals surface area contributed by atoms with Crippen molar-refractivity contribution in [2.45, 2.75) is 44.9 Å². The third-order valence-electron chi connectivity index (χ3n) is 5.92. The summed E-state index contributed by atoms with van der Waals surface area (Å²) in [6.07, 6.45) is -0.247. The number of allylic oxidation sites excluding steroid dienone is 1. The number of fused-ring (bicyclic) bond motifs is 3. The molecule has 2 aromatic heterocycles. The summed E-state index contributed by atoms with van der Waals surface area (Å²) in [4.78, 5) is 26.7. The largest absolute Gasteiger partial charge is 0.481 e. The number of benzene rings is 1. The SMILES string of the molecule is C=CCc1ncnc(OC)c1C(=O)Nc1nc2c(s1)C(CC)(CC)Oc1cc(C(F)(F)F)ccc1-2. The van der Waals surface area contributed by atoms with Crippen molar-refractivity contribution in [3.63, 3.8) is 0 Å². The van der Waals surface area contributed by atoms with Gasteiger partial charge in [-0.3, -0.25) is 10.1 Å². The molecular formula is C24H23F3N4O3S. The third-order valence-corrected chi connectivity index (χ3v) is 7.08. The van der Waals surface area contributed by atoms with Crippen molar-refractivity contribution in [1.82, 2.24) is 15.0 Å². The van der Waals surface area contributed by atoms with Crippen molar-refractivity contribution in [1.29, 1.82) is 0 Å². The van der Waals surface area contributed by atoms with Crippen molar-refractivity contribution >= 4 is 22.4 Å². The van der Waals surface area contributed by atoms with Crippen molar-refractivity contribution in [2.24, 2.45) is 0 Å². The molecule has 1 amide bonds. The van der Waals surface area contributed by atoms with Gasteiger partial charge in [-0.25, -0.2) is 15.0 Å². The number of carbonyl (C=O) groups excluding carboxylic acids is 1. The first-order valence-electron chi connectivity index (χ1n) is 10.9. The molecule has 0 saturated carbocycles. The lowest BCUT2D eigenvalue weighted by Gasteiger charge is -2.36. The second kappa shape index (κ2) is 9.29. The number of nitrogens with zero attached hydrogens (tertiary/aromatic N) is 3. The van der Waals surface area contributed by atoms with E-state index in [1.807, 2.05) is 13.8 Å². The number of hydrogen-bond acceptors (Lipinski definition) is 7. The molecule has 7 nitrogen and oxygen atoms in total. The van der Waals surface area contributed by atoms with Crippen molar-refractivity contribution in [3.05, 3.63) is 58.9 Å². The predicted molar refractivity (Wildman–Crippen MR) is 126 cm³/mol. The van der Waals surface area contributed by atoms with Gasteiger partial charge in [0.2, 0.25) is 5.88 Å². The van der Waals surface area contributed by atoms with Crippen molar-refractivity contribution < 1.29 is 27.4 Å². The number of alkyl halides is 3. The number of anilines is 1. The van der Waals surface area contributed by atoms with Crippen LogP contribution in [0, 0.1) is 0 Å². The number of amides is 1. The molecule has 0 fully saturated rings. The van der Waals surface area contributed by atoms with Gasteiger partial charge in [0.25, 0.3) is 5.91 Å². The van der Waals surface area contributed by atoms with Crippen LogP contribution >= 0.6 is 11.3 Å². The maximum absolute atomic E-state index is 13.3. The van der Waals surface area contributed by atoms with Crippen LogP contribution in [0.15, 0.2) is 37.2 Å². The van der Waals surface area contributed by atoms with E-state index >= 15 is 0 Å². The minimum absolute atomic E-state index is 0.112. The Bertz CT molecular complexity index is 1290. The summed E-state index contributed by atoms with van der Waals surface area (Å²) in [6, 6.07) is 3.36. The van der Waals surface area contributed by atoms with Gasteiger partial charge >= 0.3 is 6.18 Å². The number of rotatable bonds is 7. The molecule has 1 aromatic carbocycles. The van der Waals surface area contributed by atoms with E-state index in [-0.39, 0.29) is 22.3 Å². The molecule has 0 aliphatic carbocycles. The van der Waals surface area contributed by atoms with Gasteiger partial charge in [0, 0.05) is 12.0 Å². The number of carbonyl (C=O) groups is 1. The van der Waals surface area contributed by atoms with E-state index < -0.39 is 23.2 Å². The monoisotopic (exact) mass is 504 g/mol. The highest BCUT2D eigenvalue weighted by Gasteiger charge is 2.43. The molecule has 0 saturated heterocycles. The zero-order chi connectivity index (χ0) is 25.4. The Balaban J connectivity index is 1.78. The van der Waals surface area contributed by atoms with Crippen LogP contribution in [0.5, 0.6) is 11.6 Å². The fourth-order valence-corrected chi connectivity index (χ4v) is 5.30. The highest BCUT2D eigenvalue weighted by atomic mass is 32.1. The Morgan fingerprint density at radius 2 is 2.03 bits per heavy atom. The van der Waals surface area contributed by atoms with Crippen LogP contribution in [-0.2, 0) is 18.2 Å². The van der Waals surface area contributed by atoms with Gasteiger partial charge in [-0.1, -0.05) is 31.3 Å². The molecule has 3 aromatic rings. The average Bonchev–Trinajstić information content (AvgIpc) is 3.26. The van der Waals surface area contributed by atoms with Crippen LogP contribution in [0.1, 0.15) is 53.2 Å². The number of halogens is 3. The normalized spacial score (nSPS) is 13.9. The number of ether oxygens (including phenoxy) is 2. The average molecular weight is 505 g/mol. The van der Waals surface area contributed by atoms with E-state index in [1.165, 1.54) is 30.8 Å². The maximum Gasteiger partial charge on any atom is 0.416 e. The van der Waals surface area contributed by atoms with Crippen molar-refractivity contribution in [3.8, 4) is 22.9 Å². The summed E-state index contributed by atoms with van der Waals surface area (Å²) < 4.78 is 51.4. The first-order valence-corrected chi connectivity index (χ1v) is 11.7. The fraction of sp³-hybridized carbons (Fsp3) is 0.333. The molecule has 3 heterocycles. The second-order valence-corrected chi connectivity index (χ2v) is 8.86. The lowest BCUT2D eigenvalue weighted by molar-refractivity contribution is -0.137. The highest BCUT2D eigenvalue weighted by molar-refractivity contribution is 7.16. The summed E-state index contributed by atoms with van der Waals surface area (Å²) >= 11 is 1.23. The van der Waals surface area contributed by atoms with E-state index in [0.29, 0.717) is 36.2 Å². The smallest absolute Gasteiger partial charge is 0.416 e. The van der Waals surface area contributed by atoms with E-state index in [9.17, 15) is 18.0 Å². The quantitative estimate of drug-likeness (QED) is 0.396. The van der Waals surface area contributed by atoms with E-state index in [1.54, 1.807) is 6.08 Å².